The lowest BCUT2D eigenvalue weighted by Crippen LogP contribution is -2.15. The molecule has 174 valence electrons. The van der Waals surface area contributed by atoms with Gasteiger partial charge < -0.3 is 9.50 Å². The van der Waals surface area contributed by atoms with E-state index in [1.165, 1.54) is 30.3 Å². The summed E-state index contributed by atoms with van der Waals surface area (Å²) < 4.78 is 31.0. The first kappa shape index (κ1) is 25.3. The van der Waals surface area contributed by atoms with Crippen molar-refractivity contribution in [1.82, 2.24) is 0 Å². The van der Waals surface area contributed by atoms with Gasteiger partial charge in [0.1, 0.15) is 16.5 Å². The minimum atomic E-state index is -4.25. The molecule has 0 aromatic heterocycles. The Morgan fingerprint density at radius 1 is 1.06 bits per heavy atom. The smallest absolute Gasteiger partial charge is 0.339 e. The minimum Gasteiger partial charge on any atom is -0.377 e. The number of carbonyl (C=O) groups is 1. The number of nitriles is 1. The molecule has 0 atom stereocenters. The van der Waals surface area contributed by atoms with Crippen LogP contribution in [0.2, 0.25) is 10.0 Å². The Hall–Kier alpha value is -3.31. The van der Waals surface area contributed by atoms with Gasteiger partial charge in [0, 0.05) is 16.3 Å². The van der Waals surface area contributed by atoms with E-state index in [1.54, 1.807) is 24.3 Å². The van der Waals surface area contributed by atoms with Crippen molar-refractivity contribution in [2.45, 2.75) is 25.7 Å². The van der Waals surface area contributed by atoms with E-state index < -0.39 is 16.0 Å². The summed E-state index contributed by atoms with van der Waals surface area (Å²) in [7, 11) is -4.25. The van der Waals surface area contributed by atoms with E-state index in [0.29, 0.717) is 5.69 Å². The van der Waals surface area contributed by atoms with Crippen LogP contribution in [0.3, 0.4) is 0 Å². The lowest BCUT2D eigenvalue weighted by atomic mass is 10.1. The van der Waals surface area contributed by atoms with Crippen LogP contribution in [-0.2, 0) is 14.9 Å². The second-order valence-electron chi connectivity index (χ2n) is 7.53. The second kappa shape index (κ2) is 10.3. The predicted molar refractivity (Wildman–Crippen MR) is 134 cm³/mol. The number of nitrogens with one attached hydrogen (secondary N) is 1. The third-order valence-electron chi connectivity index (χ3n) is 5.06. The Labute approximate surface area is 208 Å². The number of hydrogen-bond acceptors (Lipinski definition) is 5. The lowest BCUT2D eigenvalue weighted by Gasteiger charge is -2.13. The predicted octanol–water partition coefficient (Wildman–Crippen LogP) is 6.23. The van der Waals surface area contributed by atoms with Crippen molar-refractivity contribution in [2.24, 2.45) is 0 Å². The number of carbonyl (C=O) groups excluding carboxylic acids is 1. The number of halogens is 2. The number of aryl methyl sites for hydroxylation is 2. The third kappa shape index (κ3) is 5.78. The highest BCUT2D eigenvalue weighted by Crippen LogP contribution is 2.36. The highest BCUT2D eigenvalue weighted by Gasteiger charge is 2.22. The van der Waals surface area contributed by atoms with Crippen molar-refractivity contribution in [3.63, 3.8) is 0 Å². The van der Waals surface area contributed by atoms with Crippen molar-refractivity contribution in [3.8, 4) is 11.8 Å². The van der Waals surface area contributed by atoms with Crippen molar-refractivity contribution in [3.05, 3.63) is 92.5 Å². The van der Waals surface area contributed by atoms with Crippen LogP contribution >= 0.6 is 23.2 Å². The van der Waals surface area contributed by atoms with E-state index in [9.17, 15) is 18.5 Å². The number of anilines is 1. The number of nitrogens with zero attached hydrogens (tertiary/aromatic N) is 1. The van der Waals surface area contributed by atoms with Crippen LogP contribution in [0.5, 0.6) is 5.75 Å². The van der Waals surface area contributed by atoms with Gasteiger partial charge in [0.05, 0.1) is 5.02 Å². The topological polar surface area (TPSA) is 96.3 Å². The van der Waals surface area contributed by atoms with Crippen LogP contribution in [0.1, 0.15) is 22.3 Å². The normalized spacial score (nSPS) is 11.6. The highest BCUT2D eigenvalue weighted by molar-refractivity contribution is 7.87. The molecule has 0 aliphatic heterocycles. The average Bonchev–Trinajstić information content (AvgIpc) is 2.77. The Morgan fingerprint density at radius 2 is 1.74 bits per heavy atom. The van der Waals surface area contributed by atoms with Crippen molar-refractivity contribution in [2.75, 3.05) is 5.32 Å². The summed E-state index contributed by atoms with van der Waals surface area (Å²) in [6.45, 7) is 5.57. The molecule has 1 N–H and O–H groups in total. The first-order valence-corrected chi connectivity index (χ1v) is 12.2. The largest absolute Gasteiger partial charge is 0.377 e. The number of rotatable bonds is 6. The van der Waals surface area contributed by atoms with Gasteiger partial charge in [-0.15, -0.1) is 0 Å². The molecule has 0 heterocycles. The molecule has 9 heteroatoms. The molecule has 0 saturated carbocycles. The van der Waals surface area contributed by atoms with Gasteiger partial charge in [0.2, 0.25) is 0 Å². The SMILES string of the molecule is Cc1ccc(S(=O)(=O)Oc2c(Cl)cc(Cl)cc2/C=C(\C#N)C(=O)Nc2cccc(C)c2C)cc1. The van der Waals surface area contributed by atoms with E-state index in [1.807, 2.05) is 32.9 Å². The minimum absolute atomic E-state index is 0.0563. The molecule has 1 amide bonds. The van der Waals surface area contributed by atoms with Crippen LogP contribution in [0.4, 0.5) is 5.69 Å². The first-order valence-electron chi connectivity index (χ1n) is 10.0. The van der Waals surface area contributed by atoms with Gasteiger partial charge in [-0.3, -0.25) is 4.79 Å². The summed E-state index contributed by atoms with van der Waals surface area (Å²) >= 11 is 12.3. The van der Waals surface area contributed by atoms with Gasteiger partial charge in [-0.05, 0) is 68.3 Å². The molecule has 3 aromatic carbocycles. The van der Waals surface area contributed by atoms with E-state index in [0.717, 1.165) is 16.7 Å². The van der Waals surface area contributed by atoms with E-state index >= 15 is 0 Å². The molecule has 0 aliphatic carbocycles. The lowest BCUT2D eigenvalue weighted by molar-refractivity contribution is -0.112. The summed E-state index contributed by atoms with van der Waals surface area (Å²) in [5.41, 5.74) is 3.01. The number of benzene rings is 3. The Kier molecular flexibility index (Phi) is 7.68. The van der Waals surface area contributed by atoms with Crippen molar-refractivity contribution >= 4 is 51.0 Å². The first-order chi connectivity index (χ1) is 16.0. The van der Waals surface area contributed by atoms with Crippen LogP contribution in [0.25, 0.3) is 6.08 Å². The standard InChI is InChI=1S/C25H20Cl2N2O4S/c1-15-7-9-21(10-8-15)34(31,32)33-24-18(12-20(26)13-22(24)27)11-19(14-28)25(30)29-23-6-4-5-16(2)17(23)3/h4-13H,1-3H3,(H,29,30)/b19-11+. The monoisotopic (exact) mass is 514 g/mol. The summed E-state index contributed by atoms with van der Waals surface area (Å²) in [4.78, 5) is 12.7. The number of amides is 1. The zero-order valence-corrected chi connectivity index (χ0v) is 20.8. The van der Waals surface area contributed by atoms with Crippen LogP contribution in [0.15, 0.2) is 65.1 Å². The maximum atomic E-state index is 12.8. The van der Waals surface area contributed by atoms with Gasteiger partial charge in [-0.1, -0.05) is 53.0 Å². The molecule has 3 rings (SSSR count). The third-order valence-corrected chi connectivity index (χ3v) is 6.79. The molecule has 34 heavy (non-hydrogen) atoms. The Balaban J connectivity index is 2.01. The van der Waals surface area contributed by atoms with Gasteiger partial charge in [0.25, 0.3) is 5.91 Å². The average molecular weight is 515 g/mol. The molecule has 0 radical (unpaired) electrons. The fourth-order valence-corrected chi connectivity index (χ4v) is 4.58. The summed E-state index contributed by atoms with van der Waals surface area (Å²) in [5, 5.41) is 12.4. The quantitative estimate of drug-likeness (QED) is 0.239. The summed E-state index contributed by atoms with van der Waals surface area (Å²) in [6, 6.07) is 16.0. The molecule has 0 aliphatic rings. The molecule has 0 unspecified atom stereocenters. The second-order valence-corrected chi connectivity index (χ2v) is 9.92. The number of hydrogen-bond donors (Lipinski definition) is 1. The van der Waals surface area contributed by atoms with E-state index in [-0.39, 0.29) is 31.8 Å². The fourth-order valence-electron chi connectivity index (χ4n) is 3.02. The Morgan fingerprint density at radius 3 is 2.38 bits per heavy atom. The fraction of sp³-hybridized carbons (Fsp3) is 0.120. The molecule has 0 saturated heterocycles. The zero-order valence-electron chi connectivity index (χ0n) is 18.5. The molecule has 0 spiro atoms. The van der Waals surface area contributed by atoms with Crippen LogP contribution < -0.4 is 9.50 Å². The molecular formula is C25H20Cl2N2O4S. The molecule has 3 aromatic rings. The Bertz CT molecular complexity index is 1440. The van der Waals surface area contributed by atoms with Gasteiger partial charge in [0.15, 0.2) is 5.75 Å². The van der Waals surface area contributed by atoms with Gasteiger partial charge in [-0.25, -0.2) is 0 Å². The van der Waals surface area contributed by atoms with Crippen LogP contribution in [0, 0.1) is 32.1 Å². The molecule has 6 nitrogen and oxygen atoms in total. The molecule has 0 bridgehead atoms. The molecule has 0 fully saturated rings. The highest BCUT2D eigenvalue weighted by atomic mass is 35.5. The van der Waals surface area contributed by atoms with Crippen molar-refractivity contribution in [1.29, 1.82) is 5.26 Å². The van der Waals surface area contributed by atoms with Crippen molar-refractivity contribution < 1.29 is 17.4 Å². The van der Waals surface area contributed by atoms with Gasteiger partial charge >= 0.3 is 10.1 Å². The van der Waals surface area contributed by atoms with E-state index in [4.69, 9.17) is 27.4 Å². The molecular weight excluding hydrogens is 495 g/mol. The zero-order chi connectivity index (χ0) is 25.0. The van der Waals surface area contributed by atoms with E-state index in [2.05, 4.69) is 5.32 Å². The summed E-state index contributed by atoms with van der Waals surface area (Å²) in [5.74, 6) is -0.932. The maximum Gasteiger partial charge on any atom is 0.339 e. The van der Waals surface area contributed by atoms with Crippen LogP contribution in [-0.4, -0.2) is 14.3 Å². The summed E-state index contributed by atoms with van der Waals surface area (Å²) in [6.07, 6.45) is 1.18. The van der Waals surface area contributed by atoms with Gasteiger partial charge in [-0.2, -0.15) is 13.7 Å². The maximum absolute atomic E-state index is 12.8.